The van der Waals surface area contributed by atoms with E-state index in [9.17, 15) is 0 Å². The van der Waals surface area contributed by atoms with Gasteiger partial charge < -0.3 is 8.99 Å². The van der Waals surface area contributed by atoms with E-state index in [0.29, 0.717) is 9.76 Å². The number of hydrogen-bond acceptors (Lipinski definition) is 1. The van der Waals surface area contributed by atoms with E-state index < -0.39 is 5.60 Å². The molecule has 0 fully saturated rings. The molecule has 0 amide bonds. The topological polar surface area (TPSA) is 14.2 Å². The largest absolute Gasteiger partial charge is 0.400 e. The number of para-hydroxylation sites is 1. The molecule has 0 bridgehead atoms. The van der Waals surface area contributed by atoms with Gasteiger partial charge in [0, 0.05) is 18.8 Å². The molecule has 0 spiro atoms. The Labute approximate surface area is 176 Å². The van der Waals surface area contributed by atoms with Crippen LogP contribution in [0.4, 0.5) is 0 Å². The summed E-state index contributed by atoms with van der Waals surface area (Å²) in [7, 11) is 2.45. The number of hydrogen-bond donors (Lipinski definition) is 0. The van der Waals surface area contributed by atoms with Crippen molar-refractivity contribution in [1.29, 1.82) is 0 Å². The molecule has 146 valence electrons. The first-order valence-electron chi connectivity index (χ1n) is 10.0. The number of fused-ring (bicyclic) bond motifs is 1. The minimum atomic E-state index is -0.681. The van der Waals surface area contributed by atoms with Crippen LogP contribution in [0, 0.1) is 0 Å². The molecule has 29 heavy (non-hydrogen) atoms. The summed E-state index contributed by atoms with van der Waals surface area (Å²) in [6, 6.07) is 30.0. The van der Waals surface area contributed by atoms with Gasteiger partial charge in [0.05, 0.1) is 5.52 Å². The normalized spacial score (nSPS) is 12.4. The number of rotatable bonds is 5. The van der Waals surface area contributed by atoms with Gasteiger partial charge in [-0.1, -0.05) is 99.6 Å². The van der Waals surface area contributed by atoms with Crippen molar-refractivity contribution in [2.75, 3.05) is 0 Å². The highest BCUT2D eigenvalue weighted by atomic mass is 28.2. The van der Waals surface area contributed by atoms with E-state index in [1.54, 1.807) is 0 Å². The number of aryl methyl sites for hydroxylation is 1. The van der Waals surface area contributed by atoms with E-state index in [2.05, 4.69) is 124 Å². The van der Waals surface area contributed by atoms with Gasteiger partial charge in [-0.05, 0) is 27.6 Å². The van der Waals surface area contributed by atoms with Gasteiger partial charge in [0.25, 0.3) is 0 Å². The molecule has 4 rings (SSSR count). The van der Waals surface area contributed by atoms with E-state index >= 15 is 0 Å². The maximum atomic E-state index is 7.00. The summed E-state index contributed by atoms with van der Waals surface area (Å²) in [4.78, 5) is 0. The molecule has 0 saturated carbocycles. The van der Waals surface area contributed by atoms with E-state index in [-0.39, 0.29) is 5.04 Å². The smallest absolute Gasteiger partial charge is 0.237 e. The Hall–Kier alpha value is -2.62. The number of benzene rings is 3. The Morgan fingerprint density at radius 1 is 0.724 bits per heavy atom. The van der Waals surface area contributed by atoms with Crippen LogP contribution in [0.2, 0.25) is 5.04 Å². The van der Waals surface area contributed by atoms with Gasteiger partial charge in [-0.15, -0.1) is 0 Å². The second kappa shape index (κ2) is 7.66. The average molecular weight is 398 g/mol. The number of nitrogens with zero attached hydrogens (tertiary/aromatic N) is 1. The second-order valence-corrected chi connectivity index (χ2v) is 10.4. The molecule has 2 nitrogen and oxygen atoms in total. The highest BCUT2D eigenvalue weighted by molar-refractivity contribution is 6.32. The van der Waals surface area contributed by atoms with Crippen LogP contribution >= 0.6 is 0 Å². The molecule has 0 aliphatic rings. The molecule has 0 atom stereocenters. The lowest BCUT2D eigenvalue weighted by Crippen LogP contribution is -2.36. The zero-order valence-corrected chi connectivity index (χ0v) is 18.5. The Morgan fingerprint density at radius 2 is 1.31 bits per heavy atom. The van der Waals surface area contributed by atoms with Gasteiger partial charge in [-0.2, -0.15) is 0 Å². The predicted molar refractivity (Wildman–Crippen MR) is 122 cm³/mol. The van der Waals surface area contributed by atoms with Crippen molar-refractivity contribution in [3.8, 4) is 0 Å². The maximum absolute atomic E-state index is 7.00. The number of aromatic nitrogens is 1. The zero-order valence-electron chi connectivity index (χ0n) is 17.5. The van der Waals surface area contributed by atoms with Gasteiger partial charge >= 0.3 is 0 Å². The van der Waals surface area contributed by atoms with Gasteiger partial charge in [0.2, 0.25) is 9.76 Å². The van der Waals surface area contributed by atoms with Crippen molar-refractivity contribution in [3.63, 3.8) is 0 Å². The van der Waals surface area contributed by atoms with Crippen LogP contribution in [0.3, 0.4) is 0 Å². The minimum Gasteiger partial charge on any atom is -0.400 e. The third-order valence-corrected chi connectivity index (χ3v) is 6.17. The van der Waals surface area contributed by atoms with Crippen LogP contribution in [-0.4, -0.2) is 14.3 Å². The molecular formula is C26H27NOSi. The molecule has 0 aliphatic carbocycles. The molecule has 1 aromatic heterocycles. The molecule has 0 N–H and O–H groups in total. The van der Waals surface area contributed by atoms with Gasteiger partial charge in [-0.3, -0.25) is 0 Å². The van der Waals surface area contributed by atoms with E-state index in [1.165, 1.54) is 16.5 Å². The SMILES string of the molecule is Cn1ccc2cccc(C(O[Si]C(C)(C)C)(c3ccccc3)c3ccccc3)c21. The van der Waals surface area contributed by atoms with Crippen LogP contribution in [0.15, 0.2) is 91.1 Å². The summed E-state index contributed by atoms with van der Waals surface area (Å²) in [6.45, 7) is 6.69. The lowest BCUT2D eigenvalue weighted by molar-refractivity contribution is 0.158. The minimum absolute atomic E-state index is 0.0664. The Morgan fingerprint density at radius 3 is 1.86 bits per heavy atom. The maximum Gasteiger partial charge on any atom is 0.237 e. The molecule has 3 heteroatoms. The summed E-state index contributed by atoms with van der Waals surface area (Å²) >= 11 is 0. The summed E-state index contributed by atoms with van der Waals surface area (Å²) in [5.41, 5.74) is 4.00. The van der Waals surface area contributed by atoms with Crippen molar-refractivity contribution in [2.45, 2.75) is 31.4 Å². The van der Waals surface area contributed by atoms with Crippen LogP contribution < -0.4 is 0 Å². The highest BCUT2D eigenvalue weighted by Gasteiger charge is 2.40. The molecule has 3 aromatic carbocycles. The van der Waals surface area contributed by atoms with Crippen LogP contribution in [0.5, 0.6) is 0 Å². The first-order valence-corrected chi connectivity index (χ1v) is 10.9. The Kier molecular flexibility index (Phi) is 5.20. The van der Waals surface area contributed by atoms with Crippen LogP contribution in [0.25, 0.3) is 10.9 Å². The van der Waals surface area contributed by atoms with Gasteiger partial charge in [0.1, 0.15) is 5.60 Å². The van der Waals surface area contributed by atoms with Gasteiger partial charge in [-0.25, -0.2) is 0 Å². The summed E-state index contributed by atoms with van der Waals surface area (Å²) in [6.07, 6.45) is 2.13. The third-order valence-electron chi connectivity index (χ3n) is 5.15. The summed E-state index contributed by atoms with van der Waals surface area (Å²) in [5, 5.41) is 1.29. The molecule has 2 radical (unpaired) electrons. The monoisotopic (exact) mass is 397 g/mol. The second-order valence-electron chi connectivity index (χ2n) is 8.54. The standard InChI is InChI=1S/C26H27NOSi/c1-25(2,3)29-28-26(21-13-7-5-8-14-21,22-15-9-6-10-16-22)23-17-11-12-20-18-19-27(4)24(20)23/h5-19H,1-4H3. The molecular weight excluding hydrogens is 370 g/mol. The van der Waals surface area contributed by atoms with Crippen molar-refractivity contribution < 1.29 is 4.43 Å². The molecule has 4 aromatic rings. The van der Waals surface area contributed by atoms with E-state index in [1.807, 2.05) is 0 Å². The first-order chi connectivity index (χ1) is 13.9. The Balaban J connectivity index is 2.08. The first kappa shape index (κ1) is 19.7. The van der Waals surface area contributed by atoms with Crippen molar-refractivity contribution >= 4 is 20.7 Å². The lowest BCUT2D eigenvalue weighted by atomic mass is 9.79. The van der Waals surface area contributed by atoms with E-state index in [4.69, 9.17) is 4.43 Å². The molecule has 0 unspecified atom stereocenters. The summed E-state index contributed by atoms with van der Waals surface area (Å²) < 4.78 is 9.20. The van der Waals surface area contributed by atoms with Gasteiger partial charge in [0.15, 0.2) is 0 Å². The lowest BCUT2D eigenvalue weighted by Gasteiger charge is -2.38. The molecule has 1 heterocycles. The van der Waals surface area contributed by atoms with E-state index in [0.717, 1.165) is 11.1 Å². The summed E-state index contributed by atoms with van der Waals surface area (Å²) in [5.74, 6) is 0. The fraction of sp³-hybridized carbons (Fsp3) is 0.231. The van der Waals surface area contributed by atoms with Crippen LogP contribution in [0.1, 0.15) is 37.5 Å². The van der Waals surface area contributed by atoms with Crippen LogP contribution in [-0.2, 0) is 17.1 Å². The van der Waals surface area contributed by atoms with Crippen molar-refractivity contribution in [1.82, 2.24) is 4.57 Å². The van der Waals surface area contributed by atoms with Crippen molar-refractivity contribution in [2.24, 2.45) is 7.05 Å². The van der Waals surface area contributed by atoms with Crippen molar-refractivity contribution in [3.05, 3.63) is 108 Å². The fourth-order valence-electron chi connectivity index (χ4n) is 3.87. The predicted octanol–water partition coefficient (Wildman–Crippen LogP) is 6.32. The molecule has 0 aliphatic heterocycles. The third kappa shape index (κ3) is 3.68. The fourth-order valence-corrected chi connectivity index (χ4v) is 4.67. The average Bonchev–Trinajstić information content (AvgIpc) is 3.11. The Bertz CT molecular complexity index is 1050. The quantitative estimate of drug-likeness (QED) is 0.284. The zero-order chi connectivity index (χ0) is 20.5. The molecule has 0 saturated heterocycles. The highest BCUT2D eigenvalue weighted by Crippen LogP contribution is 2.44.